The number of nitrogens with two attached hydrogens (primary N) is 10. The van der Waals surface area contributed by atoms with E-state index in [1.165, 1.54) is 178 Å². The number of carbonyl (C=O) groups is 4. The van der Waals surface area contributed by atoms with Gasteiger partial charge in [-0.3, -0.25) is 14.4 Å². The van der Waals surface area contributed by atoms with Crippen LogP contribution in [0, 0.1) is 47.3 Å². The Hall–Kier alpha value is -11.0. The first-order valence-electron chi connectivity index (χ1n) is 47.2. The molecule has 6 saturated carbocycles. The Morgan fingerprint density at radius 2 is 0.610 bits per heavy atom. The number of Topliss-reactive ketones (excluding diaryl/α,β-unsaturated/α-hetero) is 3. The number of hydrogen-bond donors (Lipinski definition) is 10. The molecule has 0 aliphatic heterocycles. The van der Waals surface area contributed by atoms with Crippen LogP contribution in [0.3, 0.4) is 0 Å². The molecule has 0 heterocycles. The summed E-state index contributed by atoms with van der Waals surface area (Å²) in [4.78, 5) is 50.0. The summed E-state index contributed by atoms with van der Waals surface area (Å²) in [5.74, 6) is 10.8. The Labute approximate surface area is 824 Å². The molecule has 6 aliphatic carbocycles. The monoisotopic (exact) mass is 1870 g/mol. The predicted octanol–water partition coefficient (Wildman–Crippen LogP) is 31.0. The molecule has 9 aromatic carbocycles. The van der Waals surface area contributed by atoms with Gasteiger partial charge in [0.05, 0.1) is 24.0 Å². The summed E-state index contributed by atoms with van der Waals surface area (Å²) in [5, 5.41) is 0. The normalized spacial score (nSPS) is 20.5. The minimum Gasteiger partial charge on any atom is -0.489 e. The summed E-state index contributed by atoms with van der Waals surface area (Å²) in [6.07, 6.45) is 38.2. The molecule has 15 rings (SSSR count). The number of hydrogen-bond acceptors (Lipinski definition) is 18. The van der Waals surface area contributed by atoms with Gasteiger partial charge in [-0.15, -0.1) is 0 Å². The molecule has 0 saturated heterocycles. The van der Waals surface area contributed by atoms with Gasteiger partial charge in [0, 0.05) is 87.1 Å². The van der Waals surface area contributed by atoms with Gasteiger partial charge >= 0.3 is 5.97 Å². The molecule has 0 spiro atoms. The summed E-state index contributed by atoms with van der Waals surface area (Å²) < 4.78 is 23.6. The van der Waals surface area contributed by atoms with Gasteiger partial charge < -0.3 is 76.3 Å². The van der Waals surface area contributed by atoms with Crippen molar-refractivity contribution in [2.75, 3.05) is 57.3 Å². The van der Waals surface area contributed by atoms with Crippen LogP contribution in [0.25, 0.3) is 0 Å². The van der Waals surface area contributed by atoms with Crippen molar-refractivity contribution in [2.45, 2.75) is 345 Å². The van der Waals surface area contributed by atoms with Gasteiger partial charge in [-0.1, -0.05) is 191 Å². The topological polar surface area (TPSA) is 365 Å². The number of ether oxygens (including phenoxy) is 4. The largest absolute Gasteiger partial charge is 0.489 e. The van der Waals surface area contributed by atoms with Crippen molar-refractivity contribution in [1.82, 2.24) is 0 Å². The Balaban J connectivity index is 0.000000837. The summed E-state index contributed by atoms with van der Waals surface area (Å²) in [5.41, 5.74) is 72.5. The van der Waals surface area contributed by atoms with E-state index in [1.807, 2.05) is 48.5 Å². The average molecular weight is 1870 g/mol. The van der Waals surface area contributed by atoms with Crippen LogP contribution < -0.4 is 66.8 Å². The molecule has 0 bridgehead atoms. The highest BCUT2D eigenvalue weighted by Gasteiger charge is 2.34. The highest BCUT2D eigenvalue weighted by Crippen LogP contribution is 2.45. The minimum atomic E-state index is -0.300. The molecule has 136 heavy (non-hydrogen) atoms. The van der Waals surface area contributed by atoms with Crippen molar-refractivity contribution in [2.24, 2.45) is 47.3 Å². The number of esters is 1. The van der Waals surface area contributed by atoms with E-state index >= 15 is 0 Å². The minimum absolute atomic E-state index is 0. The maximum Gasteiger partial charge on any atom is 0.338 e. The first kappa shape index (κ1) is 123. The van der Waals surface area contributed by atoms with Crippen LogP contribution in [0.15, 0.2) is 188 Å². The molecule has 0 amide bonds. The van der Waals surface area contributed by atoms with E-state index in [1.54, 1.807) is 110 Å². The molecular formula is C118H184N10O8. The maximum absolute atomic E-state index is 12.7. The van der Waals surface area contributed by atoms with E-state index in [2.05, 4.69) is 64.1 Å². The number of anilines is 10. The lowest BCUT2D eigenvalue weighted by atomic mass is 9.70. The van der Waals surface area contributed by atoms with E-state index in [-0.39, 0.29) is 117 Å². The van der Waals surface area contributed by atoms with Crippen LogP contribution in [0.4, 0.5) is 56.9 Å². The zero-order valence-electron chi connectivity index (χ0n) is 75.7. The van der Waals surface area contributed by atoms with Crippen molar-refractivity contribution in [3.05, 3.63) is 244 Å². The number of benzene rings is 9. The molecule has 0 aromatic heterocycles. The number of carbonyl (C=O) groups excluding carboxylic acids is 4. The smallest absolute Gasteiger partial charge is 0.338 e. The molecule has 18 heteroatoms. The third kappa shape index (κ3) is 38.5. The lowest BCUT2D eigenvalue weighted by Gasteiger charge is -2.37. The van der Waals surface area contributed by atoms with Crippen LogP contribution in [0.1, 0.15) is 382 Å². The van der Waals surface area contributed by atoms with E-state index in [0.29, 0.717) is 116 Å². The van der Waals surface area contributed by atoms with E-state index in [4.69, 9.17) is 76.3 Å². The van der Waals surface area contributed by atoms with E-state index in [9.17, 15) is 19.2 Å². The van der Waals surface area contributed by atoms with Gasteiger partial charge in [0.1, 0.15) is 30.0 Å². The predicted molar refractivity (Wildman–Crippen MR) is 588 cm³/mol. The lowest BCUT2D eigenvalue weighted by Crippen LogP contribution is -2.29. The summed E-state index contributed by atoms with van der Waals surface area (Å²) in [6, 6.07) is 57.3. The van der Waals surface area contributed by atoms with Crippen molar-refractivity contribution in [1.29, 1.82) is 0 Å². The fourth-order valence-electron chi connectivity index (χ4n) is 20.1. The quantitative estimate of drug-likeness (QED) is 0.0137. The zero-order valence-corrected chi connectivity index (χ0v) is 75.7. The Kier molecular flexibility index (Phi) is 56.1. The van der Waals surface area contributed by atoms with Crippen molar-refractivity contribution in [3.8, 4) is 17.2 Å². The summed E-state index contributed by atoms with van der Waals surface area (Å²) in [7, 11) is 0. The molecule has 18 nitrogen and oxygen atoms in total. The molecule has 6 aliphatic rings. The Morgan fingerprint density at radius 3 is 0.971 bits per heavy atom. The molecular weight excluding hydrogens is 1690 g/mol. The first-order chi connectivity index (χ1) is 60.8. The molecule has 6 fully saturated rings. The molecule has 0 atom stereocenters. The van der Waals surface area contributed by atoms with Gasteiger partial charge in [-0.25, -0.2) is 4.79 Å². The first-order valence-corrected chi connectivity index (χ1v) is 47.2. The maximum atomic E-state index is 12.7. The van der Waals surface area contributed by atoms with Crippen LogP contribution in [-0.2, 0) is 35.5 Å². The molecule has 20 N–H and O–H groups in total. The van der Waals surface area contributed by atoms with E-state index < -0.39 is 0 Å². The highest BCUT2D eigenvalue weighted by molar-refractivity contribution is 6.01. The van der Waals surface area contributed by atoms with E-state index in [0.717, 1.165) is 100 Å². The van der Waals surface area contributed by atoms with Crippen LogP contribution in [-0.4, -0.2) is 35.5 Å². The number of ketones is 3. The summed E-state index contributed by atoms with van der Waals surface area (Å²) in [6.45, 7) is 12.2. The van der Waals surface area contributed by atoms with Crippen molar-refractivity contribution in [3.63, 3.8) is 0 Å². The lowest BCUT2D eigenvalue weighted by molar-refractivity contribution is -0.00275. The van der Waals surface area contributed by atoms with Gasteiger partial charge in [-0.05, 0) is 379 Å². The Bertz CT molecular complexity index is 4760. The summed E-state index contributed by atoms with van der Waals surface area (Å²) >= 11 is 0. The third-order valence-electron chi connectivity index (χ3n) is 27.9. The van der Waals surface area contributed by atoms with Gasteiger partial charge in [0.2, 0.25) is 0 Å². The molecule has 9 aromatic rings. The fourth-order valence-corrected chi connectivity index (χ4v) is 20.1. The second-order valence-electron chi connectivity index (χ2n) is 36.9. The third-order valence-corrected chi connectivity index (χ3v) is 27.9. The van der Waals surface area contributed by atoms with Gasteiger partial charge in [-0.2, -0.15) is 0 Å². The van der Waals surface area contributed by atoms with Crippen molar-refractivity contribution >= 4 is 80.2 Å². The van der Waals surface area contributed by atoms with Crippen molar-refractivity contribution < 1.29 is 38.1 Å². The van der Waals surface area contributed by atoms with Gasteiger partial charge in [0.15, 0.2) is 17.3 Å². The Morgan fingerprint density at radius 1 is 0.279 bits per heavy atom. The standard InChI is InChI=1S/C25H24N2O3.C21H32N2O2.C21H34N2O.C21H28N2O.C20H26N2O.10CH4/c1-2-23(28)20-12-16(14-24(29)18-3-7-21(26)8-4-18)11-17(13-20)15-25(30)19-5-9-22(27)10-6-19;1-2-14-3-5-15(6-4-14)16-7-9-20(10-8-16)25-21(24)17-11-18(22)13-19(23)12-17;2*1-2-15-3-5-17(6-4-15)18-7-9-21(10-8-18)24-14-16-11-19(22)13-20(23)12-16;1-2-14-3-5-15(6-4-14)16-7-10-18(11-8-16)23-20-12-9-17(21)13-19(20)22;;;;;;;;;;/h3-13H,2,14-15,26-27H2,1H3;11-16,20H,2-10,22-23H2,1H3;11-13,15,17-18,21H,2-10,14,22-23H2,1H3;7-13,15,17H,2-6,14,22-23H2,1H3;7-15H,2-6,21-22H2,1H3;10*1H4. The van der Waals surface area contributed by atoms with Crippen LogP contribution >= 0.6 is 0 Å². The van der Waals surface area contributed by atoms with Crippen LogP contribution in [0.2, 0.25) is 0 Å². The SMILES string of the molecule is C.C.C.C.C.C.C.C.C.C.CCC(=O)c1cc(CC(=O)c2ccc(N)cc2)cc(CC(=O)c2ccc(N)cc2)c1.CCC1CCC(C2CCC(OC(=O)c3cc(N)cc(N)c3)CC2)CC1.CCC1CCC(C2CCC(OCc3cc(N)cc(N)c3)CC2)CC1.CCC1CCC(c2ccc(OCc3cc(N)cc(N)c3)cc2)CC1.CCC1CCC(c2ccc(Oc3ccc(N)cc3N)cc2)CC1. The molecule has 0 unspecified atom stereocenters. The second kappa shape index (κ2) is 62.0. The van der Waals surface area contributed by atoms with Gasteiger partial charge in [0.25, 0.3) is 0 Å². The molecule has 754 valence electrons. The molecule has 0 radical (unpaired) electrons. The zero-order chi connectivity index (χ0) is 89.6. The average Bonchev–Trinajstić information content (AvgIpc) is 0.835. The number of rotatable bonds is 26. The second-order valence-corrected chi connectivity index (χ2v) is 36.9. The number of nitrogen functional groups attached to an aromatic ring is 10. The fraction of sp³-hybridized carbons (Fsp3) is 0.508. The highest BCUT2D eigenvalue weighted by atomic mass is 16.5. The van der Waals surface area contributed by atoms with Crippen LogP contribution in [0.5, 0.6) is 17.2 Å².